The summed E-state index contributed by atoms with van der Waals surface area (Å²) in [5.41, 5.74) is 0. The van der Waals surface area contributed by atoms with E-state index in [1.165, 1.54) is 0 Å². The van der Waals surface area contributed by atoms with Gasteiger partial charge in [0, 0.05) is 6.04 Å². The highest BCUT2D eigenvalue weighted by molar-refractivity contribution is 4.74. The van der Waals surface area contributed by atoms with E-state index in [0.717, 1.165) is 25.8 Å². The Bertz CT molecular complexity index is 98.5. The number of rotatable bonds is 7. The summed E-state index contributed by atoms with van der Waals surface area (Å²) < 4.78 is 0. The molecule has 3 N–H and O–H groups in total. The van der Waals surface area contributed by atoms with Gasteiger partial charge in [-0.15, -0.1) is 0 Å². The fraction of sp³-hybridized carbons (Fsp3) is 1.00. The molecule has 3 heteroatoms. The van der Waals surface area contributed by atoms with Crippen LogP contribution in [0.25, 0.3) is 0 Å². The van der Waals surface area contributed by atoms with Crippen molar-refractivity contribution in [1.29, 1.82) is 0 Å². The molecule has 0 fully saturated rings. The predicted molar refractivity (Wildman–Crippen MR) is 50.1 cm³/mol. The van der Waals surface area contributed by atoms with Gasteiger partial charge in [-0.2, -0.15) is 0 Å². The van der Waals surface area contributed by atoms with Crippen LogP contribution in [0.15, 0.2) is 0 Å². The molecular formula is C9H21NO2. The molecule has 0 aliphatic heterocycles. The highest BCUT2D eigenvalue weighted by atomic mass is 16.3. The molecule has 74 valence electrons. The first-order chi connectivity index (χ1) is 5.76. The van der Waals surface area contributed by atoms with Gasteiger partial charge >= 0.3 is 0 Å². The predicted octanol–water partition coefficient (Wildman–Crippen LogP) is 0.508. The summed E-state index contributed by atoms with van der Waals surface area (Å²) in [7, 11) is 0. The van der Waals surface area contributed by atoms with Crippen molar-refractivity contribution in [3.8, 4) is 0 Å². The molecule has 0 aliphatic rings. The smallest absolute Gasteiger partial charge is 0.0923 e. The molecule has 0 rings (SSSR count). The Morgan fingerprint density at radius 1 is 1.25 bits per heavy atom. The Hall–Kier alpha value is -0.120. The van der Waals surface area contributed by atoms with Crippen LogP contribution >= 0.6 is 0 Å². The normalized spacial score (nSPS) is 16.0. The fourth-order valence-electron chi connectivity index (χ4n) is 1.20. The van der Waals surface area contributed by atoms with E-state index in [-0.39, 0.29) is 12.6 Å². The highest BCUT2D eigenvalue weighted by Gasteiger charge is 2.15. The quantitative estimate of drug-likeness (QED) is 0.528. The largest absolute Gasteiger partial charge is 0.394 e. The van der Waals surface area contributed by atoms with Gasteiger partial charge in [0.25, 0.3) is 0 Å². The lowest BCUT2D eigenvalue weighted by atomic mass is 10.1. The van der Waals surface area contributed by atoms with E-state index in [2.05, 4.69) is 19.2 Å². The van der Waals surface area contributed by atoms with Gasteiger partial charge in [0.2, 0.25) is 0 Å². The minimum absolute atomic E-state index is 0.0555. The first-order valence-electron chi connectivity index (χ1n) is 4.78. The Morgan fingerprint density at radius 3 is 2.33 bits per heavy atom. The second-order valence-electron chi connectivity index (χ2n) is 3.10. The zero-order chi connectivity index (χ0) is 9.40. The van der Waals surface area contributed by atoms with Crippen molar-refractivity contribution in [2.24, 2.45) is 0 Å². The third-order valence-electron chi connectivity index (χ3n) is 1.91. The topological polar surface area (TPSA) is 52.5 Å². The molecule has 0 spiro atoms. The number of hydrogen-bond donors (Lipinski definition) is 3. The first-order valence-corrected chi connectivity index (χ1v) is 4.78. The maximum atomic E-state index is 9.36. The van der Waals surface area contributed by atoms with Crippen molar-refractivity contribution >= 4 is 0 Å². The van der Waals surface area contributed by atoms with E-state index >= 15 is 0 Å². The van der Waals surface area contributed by atoms with Gasteiger partial charge < -0.3 is 15.5 Å². The lowest BCUT2D eigenvalue weighted by Gasteiger charge is -2.21. The van der Waals surface area contributed by atoms with Gasteiger partial charge in [-0.3, -0.25) is 0 Å². The molecule has 0 saturated heterocycles. The molecule has 2 atom stereocenters. The maximum Gasteiger partial charge on any atom is 0.0923 e. The van der Waals surface area contributed by atoms with Crippen LogP contribution in [-0.2, 0) is 0 Å². The average molecular weight is 175 g/mol. The van der Waals surface area contributed by atoms with Crippen LogP contribution in [0.1, 0.15) is 33.1 Å². The lowest BCUT2D eigenvalue weighted by Crippen LogP contribution is -2.42. The molecular weight excluding hydrogens is 154 g/mol. The van der Waals surface area contributed by atoms with Crippen molar-refractivity contribution in [3.63, 3.8) is 0 Å². The monoisotopic (exact) mass is 175 g/mol. The molecule has 0 radical (unpaired) electrons. The SMILES string of the molecule is CCCN[C@H](CCC)[C@@H](O)CO. The Kier molecular flexibility index (Phi) is 7.45. The van der Waals surface area contributed by atoms with Crippen molar-refractivity contribution in [2.75, 3.05) is 13.2 Å². The standard InChI is InChI=1S/C9H21NO2/c1-3-5-8(9(12)7-11)10-6-4-2/h8-12H,3-7H2,1-2H3/t8-,9+/m1/s1. The maximum absolute atomic E-state index is 9.36. The molecule has 0 saturated carbocycles. The van der Waals surface area contributed by atoms with Gasteiger partial charge in [-0.25, -0.2) is 0 Å². The zero-order valence-corrected chi connectivity index (χ0v) is 8.08. The van der Waals surface area contributed by atoms with Crippen molar-refractivity contribution in [2.45, 2.75) is 45.3 Å². The molecule has 3 nitrogen and oxygen atoms in total. The van der Waals surface area contributed by atoms with E-state index in [9.17, 15) is 5.11 Å². The number of nitrogens with one attached hydrogen (secondary N) is 1. The lowest BCUT2D eigenvalue weighted by molar-refractivity contribution is 0.0599. The summed E-state index contributed by atoms with van der Waals surface area (Å²) in [5, 5.41) is 21.3. The molecule has 0 amide bonds. The summed E-state index contributed by atoms with van der Waals surface area (Å²) in [6.07, 6.45) is 2.38. The van der Waals surface area contributed by atoms with Gasteiger partial charge in [0.15, 0.2) is 0 Å². The van der Waals surface area contributed by atoms with Crippen molar-refractivity contribution in [3.05, 3.63) is 0 Å². The molecule has 0 aromatic heterocycles. The fourth-order valence-corrected chi connectivity index (χ4v) is 1.20. The number of aliphatic hydroxyl groups excluding tert-OH is 2. The molecule has 0 aromatic carbocycles. The van der Waals surface area contributed by atoms with Crippen molar-refractivity contribution in [1.82, 2.24) is 5.32 Å². The van der Waals surface area contributed by atoms with Crippen LogP contribution in [-0.4, -0.2) is 35.5 Å². The van der Waals surface area contributed by atoms with Gasteiger partial charge in [-0.05, 0) is 19.4 Å². The summed E-state index contributed by atoms with van der Waals surface area (Å²) in [4.78, 5) is 0. The van der Waals surface area contributed by atoms with Crippen LogP contribution in [0, 0.1) is 0 Å². The van der Waals surface area contributed by atoms with E-state index in [1.54, 1.807) is 0 Å². The Balaban J connectivity index is 3.68. The summed E-state index contributed by atoms with van der Waals surface area (Å²) >= 11 is 0. The summed E-state index contributed by atoms with van der Waals surface area (Å²) in [6.45, 7) is 4.91. The minimum atomic E-state index is -0.614. The van der Waals surface area contributed by atoms with Crippen LogP contribution < -0.4 is 5.32 Å². The summed E-state index contributed by atoms with van der Waals surface area (Å²) in [5.74, 6) is 0. The molecule has 0 aromatic rings. The molecule has 0 aliphatic carbocycles. The molecule has 0 bridgehead atoms. The van der Waals surface area contributed by atoms with Crippen molar-refractivity contribution < 1.29 is 10.2 Å². The van der Waals surface area contributed by atoms with Gasteiger partial charge in [0.1, 0.15) is 0 Å². The van der Waals surface area contributed by atoms with E-state index in [1.807, 2.05) is 0 Å². The van der Waals surface area contributed by atoms with Crippen LogP contribution in [0.3, 0.4) is 0 Å². The highest BCUT2D eigenvalue weighted by Crippen LogP contribution is 2.01. The van der Waals surface area contributed by atoms with Crippen LogP contribution in [0.4, 0.5) is 0 Å². The first kappa shape index (κ1) is 11.9. The zero-order valence-electron chi connectivity index (χ0n) is 8.08. The second-order valence-corrected chi connectivity index (χ2v) is 3.10. The summed E-state index contributed by atoms with van der Waals surface area (Å²) in [6, 6.07) is 0.0555. The second kappa shape index (κ2) is 7.53. The third kappa shape index (κ3) is 4.70. The van der Waals surface area contributed by atoms with E-state index in [0.29, 0.717) is 0 Å². The van der Waals surface area contributed by atoms with E-state index in [4.69, 9.17) is 5.11 Å². The molecule has 0 heterocycles. The average Bonchev–Trinajstić information content (AvgIpc) is 2.11. The molecule has 12 heavy (non-hydrogen) atoms. The Morgan fingerprint density at radius 2 is 1.92 bits per heavy atom. The Labute approximate surface area is 74.8 Å². The van der Waals surface area contributed by atoms with Gasteiger partial charge in [-0.1, -0.05) is 20.3 Å². The van der Waals surface area contributed by atoms with Crippen LogP contribution in [0.2, 0.25) is 0 Å². The number of hydrogen-bond acceptors (Lipinski definition) is 3. The third-order valence-corrected chi connectivity index (χ3v) is 1.91. The van der Waals surface area contributed by atoms with Gasteiger partial charge in [0.05, 0.1) is 12.7 Å². The number of aliphatic hydroxyl groups is 2. The molecule has 0 unspecified atom stereocenters. The van der Waals surface area contributed by atoms with Crippen LogP contribution in [0.5, 0.6) is 0 Å². The minimum Gasteiger partial charge on any atom is -0.394 e. The van der Waals surface area contributed by atoms with E-state index < -0.39 is 6.10 Å².